The molecule has 0 saturated carbocycles. The molecule has 0 aliphatic carbocycles. The molecule has 700 valence electrons. The van der Waals surface area contributed by atoms with Gasteiger partial charge in [-0.15, -0.1) is 0 Å². The number of rotatable bonds is 50. The Kier molecular flexibility index (Phi) is 40.6. The summed E-state index contributed by atoms with van der Waals surface area (Å²) < 4.78 is 0. The number of carbonyl (C=O) groups is 18. The van der Waals surface area contributed by atoms with Crippen molar-refractivity contribution in [2.75, 3.05) is 45.9 Å². The molecule has 16 amide bonds. The van der Waals surface area contributed by atoms with Gasteiger partial charge in [-0.05, 0) is 137 Å². The highest BCUT2D eigenvalue weighted by molar-refractivity contribution is 6.02. The van der Waals surface area contributed by atoms with Crippen LogP contribution in [0.15, 0.2) is 54.7 Å². The number of aromatic nitrogens is 1. The lowest BCUT2D eigenvalue weighted by molar-refractivity contribution is -0.144. The van der Waals surface area contributed by atoms with E-state index in [0.717, 1.165) is 18.2 Å². The van der Waals surface area contributed by atoms with Gasteiger partial charge < -0.3 is 132 Å². The van der Waals surface area contributed by atoms with Gasteiger partial charge in [0, 0.05) is 56.0 Å². The van der Waals surface area contributed by atoms with Gasteiger partial charge in [0.1, 0.15) is 84.3 Å². The molecule has 3 aromatic rings. The number of aliphatic hydroxyl groups excluding tert-OH is 2. The van der Waals surface area contributed by atoms with Crippen LogP contribution in [0.4, 0.5) is 0 Å². The van der Waals surface area contributed by atoms with E-state index in [1.165, 1.54) is 29.2 Å². The zero-order valence-corrected chi connectivity index (χ0v) is 72.9. The van der Waals surface area contributed by atoms with Crippen molar-refractivity contribution in [2.45, 2.75) is 249 Å². The molecule has 3 aliphatic rings. The normalized spacial score (nSPS) is 17.7. The molecule has 1 aromatic heterocycles. The summed E-state index contributed by atoms with van der Waals surface area (Å²) >= 11 is 0. The molecule has 4 heterocycles. The third-order valence-electron chi connectivity index (χ3n) is 21.6. The first-order chi connectivity index (χ1) is 60.0. The van der Waals surface area contributed by atoms with E-state index >= 15 is 0 Å². The number of hydrogen-bond acceptors (Lipinski definition) is 23. The first-order valence-corrected chi connectivity index (χ1v) is 42.6. The van der Waals surface area contributed by atoms with E-state index in [9.17, 15) is 112 Å². The molecule has 2 aromatic carbocycles. The summed E-state index contributed by atoms with van der Waals surface area (Å²) in [7, 11) is 0. The van der Waals surface area contributed by atoms with E-state index in [-0.39, 0.29) is 101 Å². The Morgan fingerprint density at radius 1 is 0.504 bits per heavy atom. The van der Waals surface area contributed by atoms with Crippen LogP contribution < -0.4 is 91.2 Å². The van der Waals surface area contributed by atoms with Crippen LogP contribution in [0.2, 0.25) is 0 Å². The summed E-state index contributed by atoms with van der Waals surface area (Å²) in [5.74, 6) is -20.2. The predicted molar refractivity (Wildman–Crippen MR) is 456 cm³/mol. The molecule has 26 N–H and O–H groups in total. The average molecular weight is 1790 g/mol. The summed E-state index contributed by atoms with van der Waals surface area (Å²) in [6.07, 6.45) is -1.39. The van der Waals surface area contributed by atoms with Gasteiger partial charge in [0.05, 0.1) is 38.3 Å². The number of primary amides is 1. The highest BCUT2D eigenvalue weighted by Gasteiger charge is 2.45. The number of H-pyrrole nitrogens is 1. The number of nitrogens with one attached hydrogen (secondary N) is 17. The first kappa shape index (κ1) is 103. The molecule has 3 aliphatic heterocycles. The Labute approximate surface area is 734 Å². The van der Waals surface area contributed by atoms with Crippen molar-refractivity contribution >= 4 is 123 Å². The van der Waals surface area contributed by atoms with Crippen LogP contribution in [-0.4, -0.2) is 289 Å². The van der Waals surface area contributed by atoms with E-state index in [4.69, 9.17) is 16.9 Å². The summed E-state index contributed by atoms with van der Waals surface area (Å²) in [4.78, 5) is 254. The van der Waals surface area contributed by atoms with Crippen LogP contribution in [0.25, 0.3) is 10.9 Å². The maximum absolute atomic E-state index is 14.8. The van der Waals surface area contributed by atoms with Gasteiger partial charge in [-0.25, -0.2) is 4.79 Å². The quantitative estimate of drug-likeness (QED) is 0.0143. The molecule has 0 spiro atoms. The lowest BCUT2D eigenvalue weighted by Crippen LogP contribution is -2.62. The number of nitrogens with two attached hydrogens (primary N) is 2. The second-order valence-corrected chi connectivity index (χ2v) is 33.6. The van der Waals surface area contributed by atoms with Gasteiger partial charge in [-0.2, -0.15) is 0 Å². The second kappa shape index (κ2) is 49.9. The highest BCUT2D eigenvalue weighted by Crippen LogP contribution is 2.25. The predicted octanol–water partition coefficient (Wildman–Crippen LogP) is -5.18. The Bertz CT molecular complexity index is 4400. The van der Waals surface area contributed by atoms with Crippen LogP contribution in [0.5, 0.6) is 5.75 Å². The van der Waals surface area contributed by atoms with Crippen molar-refractivity contribution in [2.24, 2.45) is 35.1 Å². The van der Waals surface area contributed by atoms with Crippen molar-refractivity contribution in [1.29, 1.82) is 5.41 Å². The number of carbonyl (C=O) groups excluding carboxylic acids is 16. The van der Waals surface area contributed by atoms with Gasteiger partial charge in [-0.3, -0.25) is 86.9 Å². The number of aromatic hydroxyl groups is 1. The van der Waals surface area contributed by atoms with Crippen molar-refractivity contribution < 1.29 is 112 Å². The van der Waals surface area contributed by atoms with Crippen LogP contribution in [0.3, 0.4) is 0 Å². The van der Waals surface area contributed by atoms with E-state index < -0.39 is 254 Å². The number of carboxylic acids is 2. The number of phenols is 1. The Morgan fingerprint density at radius 2 is 1.00 bits per heavy atom. The molecular formula is C83H125N21O23. The number of nitrogens with zero attached hydrogens (tertiary/aromatic N) is 2. The maximum Gasteiger partial charge on any atom is 0.326 e. The van der Waals surface area contributed by atoms with Gasteiger partial charge in [0.2, 0.25) is 94.5 Å². The minimum atomic E-state index is -1.94. The molecule has 3 saturated heterocycles. The Morgan fingerprint density at radius 3 is 1.54 bits per heavy atom. The molecule has 44 heteroatoms. The highest BCUT2D eigenvalue weighted by atomic mass is 16.4. The molecule has 15 atom stereocenters. The smallest absolute Gasteiger partial charge is 0.326 e. The van der Waals surface area contributed by atoms with Crippen molar-refractivity contribution in [3.63, 3.8) is 0 Å². The molecule has 6 rings (SSSR count). The minimum absolute atomic E-state index is 0.000758. The van der Waals surface area contributed by atoms with Gasteiger partial charge in [-0.1, -0.05) is 85.7 Å². The SMILES string of the molecule is CC(C)C[C@H](NC(=O)CNC(=O)[C@H](CO)NC(=O)[C@@H]1CCCN1)C(=O)NCC(=O)N[C@@H](Cc1ccc(O)cc1)C(=O)N1CCC[C@H]1C(=O)N[C@H](C(=O)N[C@H](C(=O)N[C@@H](CCCNC(=N)N)C(=O)N[C@@H](CCC(=O)O)C(=O)N1CCC[C@H]1C(=O)N[C@H](C(=O)N[C@@H](CC(N)=O)C(=O)N[C@@H](CC(C)C)C(=O)N[C@@H](Cc1c[nH]c2ccccc12)C(=O)O)[C@@H](C)O)C(C)C)C(C)C. The zero-order chi connectivity index (χ0) is 94.2. The van der Waals surface area contributed by atoms with Crippen LogP contribution >= 0.6 is 0 Å². The molecule has 44 nitrogen and oxygen atoms in total. The van der Waals surface area contributed by atoms with E-state index in [0.29, 0.717) is 35.0 Å². The standard InChI is InChI=1S/C83H125N21O23/c1-41(2)32-54(92-63(109)38-91-70(114)59(40-105)99-71(115)51-18-12-28-87-51)69(113)90-39-64(110)93-57(34-46-22-24-48(107)25-23-46)81(125)104-31-15-20-60(104)75(119)100-67(44(7)8)78(122)101-66(43(5)6)77(121)94-52(19-13-29-88-83(85)86)72(116)95-53(26-27-65(111)112)80(124)103-30-14-21-61(103)76(120)102-68(45(9)106)79(123)97-56(36-62(84)108)74(118)96-55(33-42(3)4)73(117)98-58(82(126)127)35-47-37-89-50-17-11-10-16-49(47)50/h10-11,16-17,22-25,37,41-45,51-61,66-68,87,89,105-107H,12-15,18-21,26-36,38-40H2,1-9H3,(H2,84,108)(H,90,113)(H,91,114)(H,92,109)(H,93,110)(H,94,121)(H,95,116)(H,96,118)(H,97,123)(H,98,117)(H,99,115)(H,100,119)(H,101,122)(H,102,120)(H,111,112)(H,126,127)(H4,85,86,88)/t45-,51+,52+,53+,54+,55+,56+,57+,58+,59+,60+,61+,66+,67+,68+/m1/s1. The number of para-hydroxylation sites is 1. The van der Waals surface area contributed by atoms with Crippen LogP contribution in [0, 0.1) is 29.1 Å². The summed E-state index contributed by atoms with van der Waals surface area (Å²) in [5.41, 5.74) is 12.8. The van der Waals surface area contributed by atoms with Gasteiger partial charge in [0.15, 0.2) is 5.96 Å². The lowest BCUT2D eigenvalue weighted by atomic mass is 9.98. The Balaban J connectivity index is 1.12. The molecule has 0 bridgehead atoms. The number of amides is 16. The number of fused-ring (bicyclic) bond motifs is 1. The van der Waals surface area contributed by atoms with E-state index in [2.05, 4.69) is 84.7 Å². The lowest BCUT2D eigenvalue weighted by Gasteiger charge is -2.32. The Hall–Kier alpha value is -12.6. The van der Waals surface area contributed by atoms with E-state index in [1.807, 2.05) is 0 Å². The number of benzene rings is 2. The summed E-state index contributed by atoms with van der Waals surface area (Å²) in [6, 6.07) is -7.56. The van der Waals surface area contributed by atoms with Crippen molar-refractivity contribution in [3.05, 3.63) is 65.9 Å². The molecule has 0 radical (unpaired) electrons. The van der Waals surface area contributed by atoms with Crippen molar-refractivity contribution in [3.8, 4) is 5.75 Å². The fourth-order valence-corrected chi connectivity index (χ4v) is 14.9. The monoisotopic (exact) mass is 1780 g/mol. The maximum atomic E-state index is 14.8. The van der Waals surface area contributed by atoms with Crippen LogP contribution in [0.1, 0.15) is 157 Å². The fraction of sp³-hybridized carbons (Fsp3) is 0.602. The topological polar surface area (TPSA) is 687 Å². The van der Waals surface area contributed by atoms with E-state index in [1.54, 1.807) is 85.9 Å². The van der Waals surface area contributed by atoms with Gasteiger partial charge in [0.25, 0.3) is 0 Å². The number of hydrogen-bond donors (Lipinski definition) is 24. The van der Waals surface area contributed by atoms with Crippen LogP contribution in [-0.2, 0) is 99.1 Å². The van der Waals surface area contributed by atoms with Crippen molar-refractivity contribution in [1.82, 2.24) is 94.5 Å². The third kappa shape index (κ3) is 32.4. The number of phenolic OH excluding ortho intramolecular Hbond substituents is 1. The number of likely N-dealkylation sites (tertiary alicyclic amines) is 2. The number of guanidine groups is 1. The second-order valence-electron chi connectivity index (χ2n) is 33.6. The number of aromatic amines is 1. The van der Waals surface area contributed by atoms with Gasteiger partial charge >= 0.3 is 11.9 Å². The third-order valence-corrected chi connectivity index (χ3v) is 21.6. The summed E-state index contributed by atoms with van der Waals surface area (Å²) in [6.45, 7) is 12.5. The average Bonchev–Trinajstić information content (AvgIpc) is 1.78. The molecule has 3 fully saturated rings. The fourth-order valence-electron chi connectivity index (χ4n) is 14.9. The summed E-state index contributed by atoms with van der Waals surface area (Å²) in [5, 5.41) is 97.6. The molecule has 127 heavy (non-hydrogen) atoms. The number of aliphatic hydroxyl groups is 2. The number of carboxylic acid groups (broad SMARTS) is 2. The first-order valence-electron chi connectivity index (χ1n) is 42.6. The largest absolute Gasteiger partial charge is 0.508 e. The number of aliphatic carboxylic acids is 2. The molecule has 0 unspecified atom stereocenters. The zero-order valence-electron chi connectivity index (χ0n) is 72.9. The minimum Gasteiger partial charge on any atom is -0.508 e. The molecular weight excluding hydrogens is 1660 g/mol.